The Morgan fingerprint density at radius 2 is 2.00 bits per heavy atom. The molecule has 1 saturated heterocycles. The second kappa shape index (κ2) is 9.11. The molecule has 0 saturated carbocycles. The average molecular weight is 415 g/mol. The average Bonchev–Trinajstić information content (AvgIpc) is 3.27. The van der Waals surface area contributed by atoms with Crippen LogP contribution in [-0.2, 0) is 14.3 Å². The summed E-state index contributed by atoms with van der Waals surface area (Å²) in [5.74, 6) is 0.344. The Morgan fingerprint density at radius 1 is 1.21 bits per heavy atom. The van der Waals surface area contributed by atoms with Gasteiger partial charge in [-0.2, -0.15) is 0 Å². The van der Waals surface area contributed by atoms with E-state index in [4.69, 9.17) is 13.9 Å². The van der Waals surface area contributed by atoms with Gasteiger partial charge in [0.25, 0.3) is 11.1 Å². The van der Waals surface area contributed by atoms with Crippen molar-refractivity contribution >= 4 is 35.0 Å². The van der Waals surface area contributed by atoms with Gasteiger partial charge < -0.3 is 13.9 Å². The van der Waals surface area contributed by atoms with Crippen LogP contribution in [0.25, 0.3) is 17.4 Å². The number of methoxy groups -OCH3 is 2. The van der Waals surface area contributed by atoms with E-state index < -0.39 is 5.97 Å². The van der Waals surface area contributed by atoms with Crippen LogP contribution in [0.2, 0.25) is 0 Å². The van der Waals surface area contributed by atoms with Crippen LogP contribution in [0, 0.1) is 6.92 Å². The summed E-state index contributed by atoms with van der Waals surface area (Å²) in [6.45, 7) is 2.68. The van der Waals surface area contributed by atoms with Crippen molar-refractivity contribution in [1.82, 2.24) is 4.90 Å². The number of thioether (sulfide) groups is 1. The van der Waals surface area contributed by atoms with Gasteiger partial charge in [0.1, 0.15) is 11.5 Å². The predicted octanol–water partition coefficient (Wildman–Crippen LogP) is 4.11. The summed E-state index contributed by atoms with van der Waals surface area (Å²) in [7, 11) is 2.91. The zero-order valence-electron chi connectivity index (χ0n) is 16.4. The minimum Gasteiger partial charge on any atom is -0.465 e. The highest BCUT2D eigenvalue weighted by molar-refractivity contribution is 8.18. The number of nitrogens with zero attached hydrogens (tertiary/aromatic N) is 1. The normalized spacial score (nSPS) is 15.4. The number of carbonyl (C=O) groups is 3. The second-order valence-electron chi connectivity index (χ2n) is 6.40. The first-order valence-electron chi connectivity index (χ1n) is 8.98. The Kier molecular flexibility index (Phi) is 6.56. The Balaban J connectivity index is 1.78. The molecule has 152 valence electrons. The van der Waals surface area contributed by atoms with Crippen molar-refractivity contribution in [3.05, 3.63) is 52.1 Å². The molecule has 0 aliphatic carbocycles. The van der Waals surface area contributed by atoms with E-state index in [9.17, 15) is 14.4 Å². The standard InChI is InChI=1S/C21H21NO6S/c1-13-11-14(20(24)27-3)5-7-16(13)17-8-6-15(28-17)12-18-19(23)22(21(25)29-18)9-4-10-26-2/h5-8,11-12H,4,9-10H2,1-3H3/b18-12+. The fourth-order valence-electron chi connectivity index (χ4n) is 2.95. The van der Waals surface area contributed by atoms with E-state index in [1.165, 1.54) is 12.0 Å². The molecule has 2 amide bonds. The van der Waals surface area contributed by atoms with Crippen molar-refractivity contribution in [2.24, 2.45) is 0 Å². The van der Waals surface area contributed by atoms with Crippen LogP contribution in [0.4, 0.5) is 4.79 Å². The van der Waals surface area contributed by atoms with Gasteiger partial charge in [-0.15, -0.1) is 0 Å². The maximum Gasteiger partial charge on any atom is 0.337 e. The van der Waals surface area contributed by atoms with Crippen LogP contribution in [-0.4, -0.2) is 49.4 Å². The van der Waals surface area contributed by atoms with Gasteiger partial charge in [0, 0.05) is 31.9 Å². The second-order valence-corrected chi connectivity index (χ2v) is 7.40. The summed E-state index contributed by atoms with van der Waals surface area (Å²) in [4.78, 5) is 37.7. The third-order valence-corrected chi connectivity index (χ3v) is 5.32. The summed E-state index contributed by atoms with van der Waals surface area (Å²) >= 11 is 0.897. The smallest absolute Gasteiger partial charge is 0.337 e. The molecule has 0 atom stereocenters. The minimum atomic E-state index is -0.402. The van der Waals surface area contributed by atoms with Gasteiger partial charge in [-0.25, -0.2) is 4.79 Å². The van der Waals surface area contributed by atoms with Gasteiger partial charge in [0.2, 0.25) is 0 Å². The highest BCUT2D eigenvalue weighted by atomic mass is 32.2. The summed E-state index contributed by atoms with van der Waals surface area (Å²) in [6.07, 6.45) is 2.16. The molecule has 0 spiro atoms. The molecule has 1 fully saturated rings. The maximum atomic E-state index is 12.5. The molecule has 3 rings (SSSR count). The largest absolute Gasteiger partial charge is 0.465 e. The number of amides is 2. The van der Waals surface area contributed by atoms with Crippen molar-refractivity contribution in [3.8, 4) is 11.3 Å². The van der Waals surface area contributed by atoms with E-state index in [1.54, 1.807) is 43.5 Å². The lowest BCUT2D eigenvalue weighted by atomic mass is 10.0. The quantitative estimate of drug-likeness (QED) is 0.382. The maximum absolute atomic E-state index is 12.5. The highest BCUT2D eigenvalue weighted by Gasteiger charge is 2.34. The predicted molar refractivity (Wildman–Crippen MR) is 109 cm³/mol. The Labute approximate surface area is 172 Å². The number of carbonyl (C=O) groups excluding carboxylic acids is 3. The van der Waals surface area contributed by atoms with Gasteiger partial charge in [0.05, 0.1) is 17.6 Å². The summed E-state index contributed by atoms with van der Waals surface area (Å²) in [5, 5.41) is -0.293. The molecule has 1 aromatic heterocycles. The molecule has 2 heterocycles. The summed E-state index contributed by atoms with van der Waals surface area (Å²) in [5.41, 5.74) is 2.14. The van der Waals surface area contributed by atoms with Crippen LogP contribution in [0.3, 0.4) is 0 Å². The lowest BCUT2D eigenvalue weighted by Gasteiger charge is -2.11. The zero-order chi connectivity index (χ0) is 21.0. The first-order valence-corrected chi connectivity index (χ1v) is 9.79. The summed E-state index contributed by atoms with van der Waals surface area (Å²) < 4.78 is 15.5. The van der Waals surface area contributed by atoms with E-state index >= 15 is 0 Å². The van der Waals surface area contributed by atoms with Crippen molar-refractivity contribution in [1.29, 1.82) is 0 Å². The fourth-order valence-corrected chi connectivity index (χ4v) is 3.79. The van der Waals surface area contributed by atoms with Crippen LogP contribution in [0.15, 0.2) is 39.7 Å². The molecule has 2 aromatic rings. The number of hydrogen-bond acceptors (Lipinski definition) is 7. The lowest BCUT2D eigenvalue weighted by molar-refractivity contribution is -0.122. The molecule has 1 aliphatic heterocycles. The molecule has 8 heteroatoms. The third-order valence-electron chi connectivity index (χ3n) is 4.42. The van der Waals surface area contributed by atoms with Crippen molar-refractivity contribution in [2.75, 3.05) is 27.4 Å². The SMILES string of the molecule is COCCCN1C(=O)S/C(=C/c2ccc(-c3ccc(C(=O)OC)cc3C)o2)C1=O. The van der Waals surface area contributed by atoms with E-state index in [1.807, 2.05) is 6.92 Å². The van der Waals surface area contributed by atoms with Crippen molar-refractivity contribution in [3.63, 3.8) is 0 Å². The monoisotopic (exact) mass is 415 g/mol. The van der Waals surface area contributed by atoms with E-state index in [0.717, 1.165) is 22.9 Å². The number of imide groups is 1. The number of rotatable bonds is 7. The van der Waals surface area contributed by atoms with Crippen LogP contribution < -0.4 is 0 Å². The zero-order valence-corrected chi connectivity index (χ0v) is 17.2. The lowest BCUT2D eigenvalue weighted by Crippen LogP contribution is -2.29. The number of benzene rings is 1. The van der Waals surface area contributed by atoms with Gasteiger partial charge in [-0.3, -0.25) is 14.5 Å². The molecular weight excluding hydrogens is 394 g/mol. The van der Waals surface area contributed by atoms with Crippen molar-refractivity contribution < 1.29 is 28.3 Å². The first kappa shape index (κ1) is 20.9. The molecule has 0 bridgehead atoms. The van der Waals surface area contributed by atoms with Gasteiger partial charge in [-0.05, 0) is 54.9 Å². The molecule has 0 radical (unpaired) electrons. The molecule has 1 aromatic carbocycles. The number of furan rings is 1. The first-order chi connectivity index (χ1) is 13.9. The van der Waals surface area contributed by atoms with Gasteiger partial charge in [0.15, 0.2) is 0 Å². The number of hydrogen-bond donors (Lipinski definition) is 0. The molecule has 29 heavy (non-hydrogen) atoms. The molecular formula is C21H21NO6S. The Bertz CT molecular complexity index is 977. The third kappa shape index (κ3) is 4.60. The Hall–Kier alpha value is -2.84. The molecule has 0 unspecified atom stereocenters. The van der Waals surface area contributed by atoms with Gasteiger partial charge >= 0.3 is 5.97 Å². The number of aryl methyl sites for hydroxylation is 1. The minimum absolute atomic E-state index is 0.293. The van der Waals surface area contributed by atoms with Gasteiger partial charge in [-0.1, -0.05) is 6.07 Å². The van der Waals surface area contributed by atoms with Crippen LogP contribution in [0.5, 0.6) is 0 Å². The molecule has 7 nitrogen and oxygen atoms in total. The van der Waals surface area contributed by atoms with Crippen molar-refractivity contribution in [2.45, 2.75) is 13.3 Å². The Morgan fingerprint density at radius 3 is 2.69 bits per heavy atom. The summed E-state index contributed by atoms with van der Waals surface area (Å²) in [6, 6.07) is 8.71. The highest BCUT2D eigenvalue weighted by Crippen LogP contribution is 2.34. The van der Waals surface area contributed by atoms with E-state index in [0.29, 0.717) is 41.6 Å². The van der Waals surface area contributed by atoms with Crippen LogP contribution >= 0.6 is 11.8 Å². The molecule has 1 aliphatic rings. The van der Waals surface area contributed by atoms with Crippen LogP contribution in [0.1, 0.15) is 28.1 Å². The number of esters is 1. The molecule has 0 N–H and O–H groups in total. The number of ether oxygens (including phenoxy) is 2. The van der Waals surface area contributed by atoms with E-state index in [-0.39, 0.29) is 11.1 Å². The topological polar surface area (TPSA) is 86.1 Å². The van der Waals surface area contributed by atoms with E-state index in [2.05, 4.69) is 0 Å². The fraction of sp³-hybridized carbons (Fsp3) is 0.286.